The molecule has 1 aromatic heterocycles. The van der Waals surface area contributed by atoms with E-state index in [0.717, 1.165) is 19.6 Å². The number of aliphatic hydroxyl groups is 1. The van der Waals surface area contributed by atoms with E-state index in [1.165, 1.54) is 17.0 Å². The first-order valence-corrected chi connectivity index (χ1v) is 11.1. The fraction of sp³-hybridized carbons (Fsp3) is 0.458. The molecule has 0 radical (unpaired) electrons. The predicted octanol–water partition coefficient (Wildman–Crippen LogP) is 2.32. The molecule has 1 atom stereocenters. The van der Waals surface area contributed by atoms with Gasteiger partial charge in [0.05, 0.1) is 36.1 Å². The minimum atomic E-state index is -0.797. The van der Waals surface area contributed by atoms with Crippen molar-refractivity contribution in [3.8, 4) is 0 Å². The summed E-state index contributed by atoms with van der Waals surface area (Å²) in [6.07, 6.45) is 0.662. The SMILES string of the molecule is Cc1nn(C)c(C)c1C(O)=C1C(=O)C(=O)N(CCCN2CCOCC2)[C@@H]1c1ccc(F)cc1. The van der Waals surface area contributed by atoms with Gasteiger partial charge in [-0.3, -0.25) is 19.2 Å². The highest BCUT2D eigenvalue weighted by Gasteiger charge is 2.46. The number of hydrogen-bond donors (Lipinski definition) is 1. The number of ether oxygens (including phenoxy) is 1. The molecule has 1 amide bonds. The van der Waals surface area contributed by atoms with Crippen LogP contribution in [-0.2, 0) is 21.4 Å². The fourth-order valence-corrected chi connectivity index (χ4v) is 4.64. The Kier molecular flexibility index (Phi) is 6.62. The maximum absolute atomic E-state index is 13.6. The zero-order valence-corrected chi connectivity index (χ0v) is 19.2. The topological polar surface area (TPSA) is 87.9 Å². The first kappa shape index (κ1) is 23.1. The average Bonchev–Trinajstić information content (AvgIpc) is 3.20. The molecule has 2 aromatic rings. The molecule has 8 nitrogen and oxygen atoms in total. The number of rotatable bonds is 6. The Hall–Kier alpha value is -3.04. The van der Waals surface area contributed by atoms with Gasteiger partial charge in [-0.15, -0.1) is 0 Å². The fourth-order valence-electron chi connectivity index (χ4n) is 4.64. The van der Waals surface area contributed by atoms with E-state index in [9.17, 15) is 19.1 Å². The van der Waals surface area contributed by atoms with Crippen LogP contribution in [0.2, 0.25) is 0 Å². The number of amides is 1. The first-order chi connectivity index (χ1) is 15.8. The molecule has 4 rings (SSSR count). The van der Waals surface area contributed by atoms with Crippen LogP contribution >= 0.6 is 0 Å². The lowest BCUT2D eigenvalue weighted by Gasteiger charge is -2.29. The summed E-state index contributed by atoms with van der Waals surface area (Å²) < 4.78 is 20.6. The molecule has 0 aliphatic carbocycles. The Bertz CT molecular complexity index is 1090. The smallest absolute Gasteiger partial charge is 0.295 e. The number of halogens is 1. The van der Waals surface area contributed by atoms with E-state index in [4.69, 9.17) is 4.74 Å². The highest BCUT2D eigenvalue weighted by atomic mass is 19.1. The summed E-state index contributed by atoms with van der Waals surface area (Å²) in [6.45, 7) is 7.68. The predicted molar refractivity (Wildman–Crippen MR) is 120 cm³/mol. The third-order valence-electron chi connectivity index (χ3n) is 6.45. The van der Waals surface area contributed by atoms with Gasteiger partial charge in [-0.2, -0.15) is 5.10 Å². The van der Waals surface area contributed by atoms with Gasteiger partial charge in [0.15, 0.2) is 0 Å². The second-order valence-electron chi connectivity index (χ2n) is 8.52. The number of carbonyl (C=O) groups is 2. The number of hydrogen-bond acceptors (Lipinski definition) is 6. The molecule has 2 aliphatic rings. The van der Waals surface area contributed by atoms with Crippen molar-refractivity contribution in [2.75, 3.05) is 39.4 Å². The van der Waals surface area contributed by atoms with Crippen molar-refractivity contribution in [2.24, 2.45) is 7.05 Å². The number of ketones is 1. The summed E-state index contributed by atoms with van der Waals surface area (Å²) in [7, 11) is 1.75. The number of nitrogens with zero attached hydrogens (tertiary/aromatic N) is 4. The molecule has 0 spiro atoms. The van der Waals surface area contributed by atoms with Gasteiger partial charge in [0.1, 0.15) is 11.6 Å². The molecule has 2 saturated heterocycles. The minimum absolute atomic E-state index is 0.0113. The van der Waals surface area contributed by atoms with Crippen LogP contribution in [-0.4, -0.2) is 75.8 Å². The maximum atomic E-state index is 13.6. The zero-order valence-electron chi connectivity index (χ0n) is 19.2. The molecular weight excluding hydrogens is 427 g/mol. The van der Waals surface area contributed by atoms with Crippen molar-refractivity contribution in [1.82, 2.24) is 19.6 Å². The number of aromatic nitrogens is 2. The normalized spacial score (nSPS) is 21.2. The van der Waals surface area contributed by atoms with Crippen LogP contribution in [0.3, 0.4) is 0 Å². The van der Waals surface area contributed by atoms with Gasteiger partial charge in [0.25, 0.3) is 11.7 Å². The van der Waals surface area contributed by atoms with Crippen molar-refractivity contribution >= 4 is 17.4 Å². The third kappa shape index (κ3) is 4.43. The molecule has 33 heavy (non-hydrogen) atoms. The van der Waals surface area contributed by atoms with Gasteiger partial charge in [-0.1, -0.05) is 12.1 Å². The van der Waals surface area contributed by atoms with Crippen LogP contribution in [0.1, 0.15) is 35.0 Å². The Balaban J connectivity index is 1.71. The van der Waals surface area contributed by atoms with E-state index < -0.39 is 23.5 Å². The van der Waals surface area contributed by atoms with Crippen molar-refractivity contribution in [3.63, 3.8) is 0 Å². The van der Waals surface area contributed by atoms with Gasteiger partial charge in [-0.25, -0.2) is 4.39 Å². The quantitative estimate of drug-likeness (QED) is 0.408. The van der Waals surface area contributed by atoms with Gasteiger partial charge < -0.3 is 14.7 Å². The molecule has 0 saturated carbocycles. The lowest BCUT2D eigenvalue weighted by Crippen LogP contribution is -2.38. The van der Waals surface area contributed by atoms with Gasteiger partial charge in [-0.05, 0) is 38.0 Å². The highest BCUT2D eigenvalue weighted by Crippen LogP contribution is 2.40. The summed E-state index contributed by atoms with van der Waals surface area (Å²) >= 11 is 0. The summed E-state index contributed by atoms with van der Waals surface area (Å²) in [5.41, 5.74) is 2.26. The monoisotopic (exact) mass is 456 g/mol. The van der Waals surface area contributed by atoms with E-state index in [-0.39, 0.29) is 11.3 Å². The van der Waals surface area contributed by atoms with Crippen molar-refractivity contribution < 1.29 is 23.8 Å². The van der Waals surface area contributed by atoms with Crippen LogP contribution in [0.5, 0.6) is 0 Å². The maximum Gasteiger partial charge on any atom is 0.295 e. The molecule has 0 unspecified atom stereocenters. The van der Waals surface area contributed by atoms with Crippen LogP contribution in [0.15, 0.2) is 29.8 Å². The summed E-state index contributed by atoms with van der Waals surface area (Å²) in [5, 5.41) is 15.6. The molecule has 1 N–H and O–H groups in total. The van der Waals surface area contributed by atoms with Gasteiger partial charge in [0, 0.05) is 38.9 Å². The summed E-state index contributed by atoms with van der Waals surface area (Å²) in [4.78, 5) is 29.9. The van der Waals surface area contributed by atoms with Crippen molar-refractivity contribution in [1.29, 1.82) is 0 Å². The van der Waals surface area contributed by atoms with Crippen molar-refractivity contribution in [2.45, 2.75) is 26.3 Å². The lowest BCUT2D eigenvalue weighted by molar-refractivity contribution is -0.140. The Labute approximate surface area is 192 Å². The molecule has 0 bridgehead atoms. The number of benzene rings is 1. The number of aliphatic hydroxyl groups excluding tert-OH is 1. The zero-order chi connectivity index (χ0) is 23.7. The summed E-state index contributed by atoms with van der Waals surface area (Å²) in [5.74, 6) is -2.06. The molecule has 9 heteroatoms. The number of morpholine rings is 1. The largest absolute Gasteiger partial charge is 0.507 e. The highest BCUT2D eigenvalue weighted by molar-refractivity contribution is 6.46. The van der Waals surface area contributed by atoms with Crippen LogP contribution in [0.4, 0.5) is 4.39 Å². The molecule has 176 valence electrons. The molecular formula is C24H29FN4O4. The number of Topliss-reactive ketones (excluding diaryl/α,β-unsaturated/α-hetero) is 1. The molecule has 2 fully saturated rings. The number of carbonyl (C=O) groups excluding carboxylic acids is 2. The first-order valence-electron chi connectivity index (χ1n) is 11.1. The average molecular weight is 457 g/mol. The second-order valence-corrected chi connectivity index (χ2v) is 8.52. The molecule has 1 aromatic carbocycles. The molecule has 2 aliphatic heterocycles. The molecule has 3 heterocycles. The second kappa shape index (κ2) is 9.44. The van der Waals surface area contributed by atoms with Crippen LogP contribution in [0, 0.1) is 19.7 Å². The number of aryl methyl sites for hydroxylation is 2. The Morgan fingerprint density at radius 1 is 1.15 bits per heavy atom. The summed E-state index contributed by atoms with van der Waals surface area (Å²) in [6, 6.07) is 4.90. The van der Waals surface area contributed by atoms with E-state index in [0.29, 0.717) is 48.7 Å². The van der Waals surface area contributed by atoms with Gasteiger partial charge in [0.2, 0.25) is 0 Å². The van der Waals surface area contributed by atoms with E-state index in [1.807, 2.05) is 0 Å². The van der Waals surface area contributed by atoms with Gasteiger partial charge >= 0.3 is 0 Å². The minimum Gasteiger partial charge on any atom is -0.507 e. The van der Waals surface area contributed by atoms with Crippen molar-refractivity contribution in [3.05, 3.63) is 58.2 Å². The van der Waals surface area contributed by atoms with E-state index in [1.54, 1.807) is 37.7 Å². The van der Waals surface area contributed by atoms with E-state index >= 15 is 0 Å². The Morgan fingerprint density at radius 3 is 2.42 bits per heavy atom. The van der Waals surface area contributed by atoms with E-state index in [2.05, 4.69) is 10.00 Å². The standard InChI is InChI=1S/C24H29FN4O4/c1-15-19(16(2)27(3)26-15)22(30)20-21(17-5-7-18(25)8-6-17)29(24(32)23(20)31)10-4-9-28-11-13-33-14-12-28/h5-8,21,30H,4,9-14H2,1-3H3/t21-/m1/s1. The third-order valence-corrected chi connectivity index (χ3v) is 6.45. The van der Waals surface area contributed by atoms with Crippen LogP contribution in [0.25, 0.3) is 5.76 Å². The number of likely N-dealkylation sites (tertiary alicyclic amines) is 1. The Morgan fingerprint density at radius 2 is 1.82 bits per heavy atom. The lowest BCUT2D eigenvalue weighted by atomic mass is 9.94. The van der Waals surface area contributed by atoms with Crippen LogP contribution < -0.4 is 0 Å².